The van der Waals surface area contributed by atoms with Crippen LogP contribution in [0.4, 0.5) is 5.82 Å². The number of thiophene rings is 1. The first-order valence-corrected chi connectivity index (χ1v) is 9.08. The molecule has 1 saturated carbocycles. The minimum Gasteiger partial charge on any atom is -0.383 e. The molecule has 3 nitrogen and oxygen atoms in total. The van der Waals surface area contributed by atoms with Crippen LogP contribution in [0, 0.1) is 5.92 Å². The smallest absolute Gasteiger partial charge is 0.135 e. The van der Waals surface area contributed by atoms with Gasteiger partial charge in [-0.05, 0) is 44.1 Å². The van der Waals surface area contributed by atoms with Crippen LogP contribution >= 0.6 is 11.3 Å². The first-order valence-electron chi connectivity index (χ1n) is 8.27. The number of fused-ring (bicyclic) bond motifs is 1. The van der Waals surface area contributed by atoms with Crippen molar-refractivity contribution in [3.63, 3.8) is 0 Å². The average Bonchev–Trinajstić information content (AvgIpc) is 2.92. The Hall–Kier alpha value is -1.16. The van der Waals surface area contributed by atoms with Crippen molar-refractivity contribution in [2.75, 3.05) is 5.73 Å². The molecule has 114 valence electrons. The Balaban J connectivity index is 1.81. The van der Waals surface area contributed by atoms with Gasteiger partial charge in [-0.25, -0.2) is 9.97 Å². The lowest BCUT2D eigenvalue weighted by atomic mass is 9.80. The molecule has 21 heavy (non-hydrogen) atoms. The van der Waals surface area contributed by atoms with E-state index in [4.69, 9.17) is 10.7 Å². The van der Waals surface area contributed by atoms with Gasteiger partial charge >= 0.3 is 0 Å². The van der Waals surface area contributed by atoms with Gasteiger partial charge in [-0.15, -0.1) is 11.3 Å². The van der Waals surface area contributed by atoms with Crippen molar-refractivity contribution < 1.29 is 0 Å². The molecule has 0 saturated heterocycles. The highest BCUT2D eigenvalue weighted by Crippen LogP contribution is 2.38. The largest absolute Gasteiger partial charge is 0.383 e. The molecule has 1 aliphatic rings. The molecule has 2 aromatic heterocycles. The third-order valence-corrected chi connectivity index (χ3v) is 5.92. The van der Waals surface area contributed by atoms with Gasteiger partial charge in [-0.1, -0.05) is 26.7 Å². The fourth-order valence-electron chi connectivity index (χ4n) is 3.48. The highest BCUT2D eigenvalue weighted by atomic mass is 32.1. The van der Waals surface area contributed by atoms with Crippen LogP contribution in [0.2, 0.25) is 0 Å². The van der Waals surface area contributed by atoms with Crippen LogP contribution in [0.15, 0.2) is 6.07 Å². The Morgan fingerprint density at radius 2 is 1.95 bits per heavy atom. The molecule has 0 aromatic carbocycles. The number of nitrogen functional groups attached to an aromatic ring is 1. The number of aryl methyl sites for hydroxylation is 1. The predicted octanol–water partition coefficient (Wildman–Crippen LogP) is 4.91. The van der Waals surface area contributed by atoms with Gasteiger partial charge in [0.15, 0.2) is 0 Å². The van der Waals surface area contributed by atoms with Gasteiger partial charge in [0, 0.05) is 10.8 Å². The normalized spacial score (nSPS) is 22.8. The molecule has 0 aliphatic heterocycles. The lowest BCUT2D eigenvalue weighted by Crippen LogP contribution is -2.15. The zero-order valence-corrected chi connectivity index (χ0v) is 13.9. The van der Waals surface area contributed by atoms with E-state index in [0.717, 1.165) is 28.4 Å². The quantitative estimate of drug-likeness (QED) is 0.873. The molecule has 3 rings (SSSR count). The summed E-state index contributed by atoms with van der Waals surface area (Å²) in [4.78, 5) is 11.9. The van der Waals surface area contributed by atoms with Crippen LogP contribution in [0.3, 0.4) is 0 Å². The second-order valence-corrected chi connectivity index (χ2v) is 7.37. The van der Waals surface area contributed by atoms with Gasteiger partial charge in [0.25, 0.3) is 0 Å². The van der Waals surface area contributed by atoms with Gasteiger partial charge in [0.2, 0.25) is 0 Å². The zero-order chi connectivity index (χ0) is 14.8. The minimum atomic E-state index is 0.511. The molecule has 0 atom stereocenters. The Morgan fingerprint density at radius 1 is 1.19 bits per heavy atom. The molecule has 0 unspecified atom stereocenters. The summed E-state index contributed by atoms with van der Waals surface area (Å²) in [5, 5.41) is 1.04. The van der Waals surface area contributed by atoms with Crippen molar-refractivity contribution >= 4 is 27.4 Å². The van der Waals surface area contributed by atoms with Gasteiger partial charge in [0.05, 0.1) is 5.39 Å². The van der Waals surface area contributed by atoms with E-state index >= 15 is 0 Å². The summed E-state index contributed by atoms with van der Waals surface area (Å²) in [5.41, 5.74) is 6.16. The Bertz CT molecular complexity index is 612. The van der Waals surface area contributed by atoms with Crippen molar-refractivity contribution in [3.05, 3.63) is 16.8 Å². The maximum absolute atomic E-state index is 6.16. The highest BCUT2D eigenvalue weighted by molar-refractivity contribution is 7.18. The lowest BCUT2D eigenvalue weighted by molar-refractivity contribution is 0.303. The van der Waals surface area contributed by atoms with Crippen molar-refractivity contribution in [1.82, 2.24) is 9.97 Å². The molecule has 2 aromatic rings. The van der Waals surface area contributed by atoms with E-state index in [1.165, 1.54) is 43.4 Å². The summed E-state index contributed by atoms with van der Waals surface area (Å²) in [6, 6.07) is 2.15. The van der Waals surface area contributed by atoms with Crippen LogP contribution in [0.1, 0.15) is 69.0 Å². The number of nitrogens with zero attached hydrogens (tertiary/aromatic N) is 2. The van der Waals surface area contributed by atoms with Gasteiger partial charge in [-0.3, -0.25) is 0 Å². The van der Waals surface area contributed by atoms with Gasteiger partial charge < -0.3 is 5.73 Å². The van der Waals surface area contributed by atoms with Crippen molar-refractivity contribution in [3.8, 4) is 0 Å². The molecule has 2 N–H and O–H groups in total. The lowest BCUT2D eigenvalue weighted by Gasteiger charge is -2.27. The summed E-state index contributed by atoms with van der Waals surface area (Å²) in [6.07, 6.45) is 8.81. The van der Waals surface area contributed by atoms with E-state index in [1.54, 1.807) is 11.3 Å². The molecule has 0 radical (unpaired) electrons. The molecule has 0 amide bonds. The summed E-state index contributed by atoms with van der Waals surface area (Å²) in [6.45, 7) is 4.45. The number of anilines is 1. The number of aromatic nitrogens is 2. The van der Waals surface area contributed by atoms with Crippen molar-refractivity contribution in [2.24, 2.45) is 5.92 Å². The SMILES string of the molecule is CCCC1CCC(c2nc(N)c3cc(CC)sc3n2)CC1. The second-order valence-electron chi connectivity index (χ2n) is 6.26. The van der Waals surface area contributed by atoms with E-state index in [9.17, 15) is 0 Å². The third-order valence-electron chi connectivity index (χ3n) is 4.75. The Kier molecular flexibility index (Phi) is 4.43. The van der Waals surface area contributed by atoms with Crippen molar-refractivity contribution in [2.45, 2.75) is 64.7 Å². The van der Waals surface area contributed by atoms with E-state index < -0.39 is 0 Å². The molecule has 0 spiro atoms. The average molecular weight is 303 g/mol. The van der Waals surface area contributed by atoms with Gasteiger partial charge in [0.1, 0.15) is 16.5 Å². The number of hydrogen-bond donors (Lipinski definition) is 1. The molecular weight excluding hydrogens is 278 g/mol. The molecule has 1 aliphatic carbocycles. The maximum Gasteiger partial charge on any atom is 0.135 e. The number of nitrogens with two attached hydrogens (primary N) is 1. The summed E-state index contributed by atoms with van der Waals surface area (Å²) in [7, 11) is 0. The molecule has 1 fully saturated rings. The Labute approximate surface area is 131 Å². The fraction of sp³-hybridized carbons (Fsp3) is 0.647. The first-order chi connectivity index (χ1) is 10.2. The summed E-state index contributed by atoms with van der Waals surface area (Å²) >= 11 is 1.77. The molecular formula is C17H25N3S. The van der Waals surface area contributed by atoms with E-state index in [1.807, 2.05) is 0 Å². The van der Waals surface area contributed by atoms with Gasteiger partial charge in [-0.2, -0.15) is 0 Å². The van der Waals surface area contributed by atoms with E-state index in [-0.39, 0.29) is 0 Å². The Morgan fingerprint density at radius 3 is 2.62 bits per heavy atom. The topological polar surface area (TPSA) is 51.8 Å². The summed E-state index contributed by atoms with van der Waals surface area (Å²) < 4.78 is 0. The molecule has 2 heterocycles. The van der Waals surface area contributed by atoms with Crippen LogP contribution in [0.5, 0.6) is 0 Å². The monoisotopic (exact) mass is 303 g/mol. The van der Waals surface area contributed by atoms with Crippen LogP contribution in [-0.4, -0.2) is 9.97 Å². The van der Waals surface area contributed by atoms with Crippen LogP contribution in [-0.2, 0) is 6.42 Å². The zero-order valence-electron chi connectivity index (χ0n) is 13.1. The van der Waals surface area contributed by atoms with Crippen LogP contribution < -0.4 is 5.73 Å². The summed E-state index contributed by atoms with van der Waals surface area (Å²) in [5.74, 6) is 3.08. The number of hydrogen-bond acceptors (Lipinski definition) is 4. The van der Waals surface area contributed by atoms with Crippen molar-refractivity contribution in [1.29, 1.82) is 0 Å². The van der Waals surface area contributed by atoms with Crippen LogP contribution in [0.25, 0.3) is 10.2 Å². The standard InChI is InChI=1S/C17H25N3S/c1-3-5-11-6-8-12(9-7-11)16-19-15(18)14-10-13(4-2)21-17(14)20-16/h10-12H,3-9H2,1-2H3,(H2,18,19,20). The van der Waals surface area contributed by atoms with E-state index in [2.05, 4.69) is 24.9 Å². The minimum absolute atomic E-state index is 0.511. The highest BCUT2D eigenvalue weighted by Gasteiger charge is 2.24. The second kappa shape index (κ2) is 6.30. The van der Waals surface area contributed by atoms with E-state index in [0.29, 0.717) is 11.7 Å². The number of rotatable bonds is 4. The maximum atomic E-state index is 6.16. The fourth-order valence-corrected chi connectivity index (χ4v) is 4.47. The predicted molar refractivity (Wildman–Crippen MR) is 90.8 cm³/mol. The first kappa shape index (κ1) is 14.8. The third kappa shape index (κ3) is 3.05. The molecule has 4 heteroatoms. The molecule has 0 bridgehead atoms.